The van der Waals surface area contributed by atoms with Gasteiger partial charge in [0.15, 0.2) is 0 Å². The predicted molar refractivity (Wildman–Crippen MR) is 153 cm³/mol. The van der Waals surface area contributed by atoms with Crippen molar-refractivity contribution in [2.24, 2.45) is 0 Å². The molecule has 0 radical (unpaired) electrons. The molecule has 0 saturated carbocycles. The SMILES string of the molecule is CC(C)(C)OC(=O)Cn1ccnc1CN(CCc1ccc(NS(=O)[O-])cc1)Cc1nccn1CC(=O)OC(C)(C)C. The number of aromatic nitrogens is 4. The first kappa shape index (κ1) is 32.0. The molecule has 3 rings (SSSR count). The average Bonchev–Trinajstić information content (AvgIpc) is 3.44. The van der Waals surface area contributed by atoms with Gasteiger partial charge in [-0.3, -0.25) is 18.7 Å². The van der Waals surface area contributed by atoms with Gasteiger partial charge < -0.3 is 27.9 Å². The second kappa shape index (κ2) is 13.9. The van der Waals surface area contributed by atoms with Crippen molar-refractivity contribution in [3.8, 4) is 0 Å². The molecule has 3 aromatic rings. The molecule has 0 spiro atoms. The molecule has 2 heterocycles. The molecule has 1 atom stereocenters. The first-order valence-corrected chi connectivity index (χ1v) is 14.4. The Balaban J connectivity index is 1.77. The number of esters is 2. The molecule has 0 aliphatic carbocycles. The summed E-state index contributed by atoms with van der Waals surface area (Å²) in [5, 5.41) is 0. The normalized spacial score (nSPS) is 12.8. The Labute approximate surface area is 243 Å². The second-order valence-electron chi connectivity index (χ2n) is 11.6. The van der Waals surface area contributed by atoms with Crippen molar-refractivity contribution in [2.45, 2.75) is 85.3 Å². The third kappa shape index (κ3) is 11.5. The zero-order valence-corrected chi connectivity index (χ0v) is 25.3. The molecule has 0 bridgehead atoms. The van der Waals surface area contributed by atoms with Crippen LogP contribution in [0.3, 0.4) is 0 Å². The summed E-state index contributed by atoms with van der Waals surface area (Å²) in [6.45, 7) is 12.4. The minimum Gasteiger partial charge on any atom is -0.755 e. The van der Waals surface area contributed by atoms with Crippen LogP contribution in [-0.4, -0.2) is 62.4 Å². The van der Waals surface area contributed by atoms with Crippen LogP contribution in [0.1, 0.15) is 58.8 Å². The monoisotopic (exact) mass is 587 g/mol. The van der Waals surface area contributed by atoms with Gasteiger partial charge in [0, 0.05) is 48.3 Å². The number of rotatable bonds is 13. The summed E-state index contributed by atoms with van der Waals surface area (Å²) in [5.41, 5.74) is 0.296. The van der Waals surface area contributed by atoms with Crippen molar-refractivity contribution < 1.29 is 27.8 Å². The highest BCUT2D eigenvalue weighted by Gasteiger charge is 2.21. The van der Waals surface area contributed by atoms with Gasteiger partial charge in [-0.15, -0.1) is 0 Å². The number of hydrogen-bond donors (Lipinski definition) is 1. The molecule has 12 nitrogen and oxygen atoms in total. The fraction of sp³-hybridized carbons (Fsp3) is 0.500. The summed E-state index contributed by atoms with van der Waals surface area (Å²) in [7, 11) is 0. The van der Waals surface area contributed by atoms with Gasteiger partial charge >= 0.3 is 11.9 Å². The Morgan fingerprint density at radius 2 is 1.34 bits per heavy atom. The highest BCUT2D eigenvalue weighted by atomic mass is 32.2. The third-order valence-electron chi connectivity index (χ3n) is 5.64. The summed E-state index contributed by atoms with van der Waals surface area (Å²) < 4.78 is 38.6. The quantitative estimate of drug-likeness (QED) is 0.235. The number of benzene rings is 1. The molecule has 1 unspecified atom stereocenters. The summed E-state index contributed by atoms with van der Waals surface area (Å²) in [6.07, 6.45) is 7.43. The van der Waals surface area contributed by atoms with Crippen LogP contribution in [0.5, 0.6) is 0 Å². The molecule has 0 saturated heterocycles. The van der Waals surface area contributed by atoms with Crippen molar-refractivity contribution in [2.75, 3.05) is 11.3 Å². The highest BCUT2D eigenvalue weighted by Crippen LogP contribution is 2.15. The van der Waals surface area contributed by atoms with E-state index in [9.17, 15) is 18.4 Å². The van der Waals surface area contributed by atoms with E-state index in [1.54, 1.807) is 46.1 Å². The van der Waals surface area contributed by atoms with E-state index in [2.05, 4.69) is 19.6 Å². The molecule has 0 aliphatic rings. The molecule has 0 amide bonds. The molecule has 0 fully saturated rings. The number of nitrogens with zero attached hydrogens (tertiary/aromatic N) is 5. The molecule has 2 aromatic heterocycles. The van der Waals surface area contributed by atoms with Gasteiger partial charge in [0.2, 0.25) is 0 Å². The number of imidazole rings is 2. The standard InChI is InChI=1S/C28H40N6O6S/c1-27(2,3)39-25(35)19-33-15-12-29-23(33)17-32(14-11-21-7-9-22(10-8-21)31-41(37)38)18-24-30-13-16-34(24)20-26(36)40-28(4,5)6/h7-10,12-13,15-16,31H,11,14,17-20H2,1-6H3,(H,37,38)/p-1. The number of anilines is 1. The maximum absolute atomic E-state index is 12.5. The van der Waals surface area contributed by atoms with E-state index < -0.39 is 22.5 Å². The van der Waals surface area contributed by atoms with E-state index in [1.807, 2.05) is 53.7 Å². The molecule has 1 aromatic carbocycles. The van der Waals surface area contributed by atoms with Crippen LogP contribution in [0.4, 0.5) is 5.69 Å². The molecular formula is C28H39N6O6S-. The van der Waals surface area contributed by atoms with Gasteiger partial charge in [0.05, 0.1) is 13.1 Å². The maximum Gasteiger partial charge on any atom is 0.326 e. The smallest absolute Gasteiger partial charge is 0.326 e. The molecule has 13 heteroatoms. The Bertz CT molecular complexity index is 1250. The number of hydrogen-bond acceptors (Lipinski definition) is 9. The van der Waals surface area contributed by atoms with Crippen LogP contribution in [0, 0.1) is 0 Å². The fourth-order valence-electron chi connectivity index (χ4n) is 4.03. The van der Waals surface area contributed by atoms with E-state index in [0.29, 0.717) is 43.4 Å². The van der Waals surface area contributed by atoms with Crippen molar-refractivity contribution in [1.29, 1.82) is 0 Å². The average molecular weight is 588 g/mol. The first-order chi connectivity index (χ1) is 19.2. The highest BCUT2D eigenvalue weighted by molar-refractivity contribution is 7.80. The van der Waals surface area contributed by atoms with Gasteiger partial charge in [-0.25, -0.2) is 9.97 Å². The van der Waals surface area contributed by atoms with Crippen LogP contribution >= 0.6 is 0 Å². The number of carbonyl (C=O) groups excluding carboxylic acids is 2. The lowest BCUT2D eigenvalue weighted by Crippen LogP contribution is -2.31. The Morgan fingerprint density at radius 3 is 1.76 bits per heavy atom. The Kier molecular flexibility index (Phi) is 10.8. The van der Waals surface area contributed by atoms with Crippen LogP contribution in [0.25, 0.3) is 0 Å². The van der Waals surface area contributed by atoms with Crippen LogP contribution in [-0.2, 0) is 62.9 Å². The van der Waals surface area contributed by atoms with E-state index >= 15 is 0 Å². The van der Waals surface area contributed by atoms with E-state index in [1.165, 1.54) is 0 Å². The minimum atomic E-state index is -2.39. The van der Waals surface area contributed by atoms with Gasteiger partial charge in [-0.1, -0.05) is 12.1 Å². The van der Waals surface area contributed by atoms with Gasteiger partial charge in [0.1, 0.15) is 35.9 Å². The van der Waals surface area contributed by atoms with E-state index in [4.69, 9.17) is 9.47 Å². The minimum absolute atomic E-state index is 0.0310. The van der Waals surface area contributed by atoms with E-state index in [0.717, 1.165) is 5.56 Å². The molecular weight excluding hydrogens is 548 g/mol. The predicted octanol–water partition coefficient (Wildman–Crippen LogP) is 3.21. The molecule has 41 heavy (non-hydrogen) atoms. The van der Waals surface area contributed by atoms with Crippen LogP contribution in [0.2, 0.25) is 0 Å². The van der Waals surface area contributed by atoms with Gasteiger partial charge in [-0.2, -0.15) is 0 Å². The lowest BCUT2D eigenvalue weighted by atomic mass is 10.1. The first-order valence-electron chi connectivity index (χ1n) is 13.3. The second-order valence-corrected chi connectivity index (χ2v) is 12.3. The summed E-state index contributed by atoms with van der Waals surface area (Å²) in [6, 6.07) is 7.13. The number of nitrogens with one attached hydrogen (secondary N) is 1. The lowest BCUT2D eigenvalue weighted by Gasteiger charge is -2.24. The van der Waals surface area contributed by atoms with Crippen molar-refractivity contribution >= 4 is 28.9 Å². The molecule has 1 N–H and O–H groups in total. The van der Waals surface area contributed by atoms with Crippen molar-refractivity contribution in [1.82, 2.24) is 24.0 Å². The maximum atomic E-state index is 12.5. The summed E-state index contributed by atoms with van der Waals surface area (Å²) in [5.74, 6) is 0.644. The fourth-order valence-corrected chi connectivity index (χ4v) is 4.36. The van der Waals surface area contributed by atoms with Crippen LogP contribution in [0.15, 0.2) is 49.1 Å². The summed E-state index contributed by atoms with van der Waals surface area (Å²) in [4.78, 5) is 36.1. The topological polar surface area (TPSA) is 144 Å². The molecule has 224 valence electrons. The lowest BCUT2D eigenvalue weighted by molar-refractivity contribution is -0.156. The summed E-state index contributed by atoms with van der Waals surface area (Å²) >= 11 is -2.39. The molecule has 0 aliphatic heterocycles. The number of carbonyl (C=O) groups is 2. The van der Waals surface area contributed by atoms with Crippen LogP contribution < -0.4 is 4.72 Å². The zero-order chi connectivity index (χ0) is 30.2. The van der Waals surface area contributed by atoms with Gasteiger partial charge in [0.25, 0.3) is 0 Å². The number of ether oxygens (including phenoxy) is 2. The largest absolute Gasteiger partial charge is 0.755 e. The third-order valence-corrected chi connectivity index (χ3v) is 6.05. The Hall–Kier alpha value is -3.55. The van der Waals surface area contributed by atoms with Gasteiger partial charge in [-0.05, 0) is 65.7 Å². The van der Waals surface area contributed by atoms with E-state index in [-0.39, 0.29) is 25.0 Å². The zero-order valence-electron chi connectivity index (χ0n) is 24.5. The van der Waals surface area contributed by atoms with Crippen molar-refractivity contribution in [3.05, 3.63) is 66.3 Å². The van der Waals surface area contributed by atoms with Crippen molar-refractivity contribution in [3.63, 3.8) is 0 Å². The Morgan fingerprint density at radius 1 is 0.878 bits per heavy atom.